The predicted octanol–water partition coefficient (Wildman–Crippen LogP) is 4.55. The average Bonchev–Trinajstić information content (AvgIpc) is 3.58. The number of rotatable bonds is 8. The minimum absolute atomic E-state index is 0.00881. The maximum Gasteiger partial charge on any atom is 0.227 e. The van der Waals surface area contributed by atoms with Crippen LogP contribution in [0.25, 0.3) is 55.8 Å². The predicted molar refractivity (Wildman–Crippen MR) is 163 cm³/mol. The van der Waals surface area contributed by atoms with Gasteiger partial charge in [-0.05, 0) is 54.3 Å². The van der Waals surface area contributed by atoms with Crippen molar-refractivity contribution in [1.29, 1.82) is 0 Å². The fourth-order valence-electron chi connectivity index (χ4n) is 5.20. The molecule has 1 aliphatic rings. The zero-order valence-corrected chi connectivity index (χ0v) is 24.2. The summed E-state index contributed by atoms with van der Waals surface area (Å²) in [4.78, 5) is 33.7. The number of sulfonamides is 1. The lowest BCUT2D eigenvalue weighted by molar-refractivity contribution is -0.122. The molecule has 7 rings (SSSR count). The van der Waals surface area contributed by atoms with Crippen molar-refractivity contribution in [3.05, 3.63) is 72.7 Å². The van der Waals surface area contributed by atoms with Gasteiger partial charge >= 0.3 is 0 Å². The summed E-state index contributed by atoms with van der Waals surface area (Å²) in [5, 5.41) is 11.2. The standard InChI is InChI=1S/C30H26FN9O3S/c1-44(42,43)35-10-16-5-18(7-20(31)6-16)23-13-33-14-26-27(23)38-29(37-26)28-22-9-24(34-15-25(22)39-40-28)19-8-21(12-32-11-19)36-30(41)17-3-2-4-17/h5-9,11-15,17,35H,2-4,10H2,1H3,(H,36,41)(H,37,38)(H,39,40). The number of carbonyl (C=O) groups is 1. The van der Waals surface area contributed by atoms with E-state index in [0.29, 0.717) is 56.1 Å². The van der Waals surface area contributed by atoms with E-state index in [1.807, 2.05) is 12.1 Å². The molecule has 0 bridgehead atoms. The SMILES string of the molecule is CS(=O)(=O)NCc1cc(F)cc(-c2cncc3[nH]c(-c4n[nH]c5cnc(-c6cncc(NC(=O)C7CCC7)c6)cc45)nc23)c1. The second-order valence-corrected chi connectivity index (χ2v) is 12.7. The number of halogens is 1. The first-order chi connectivity index (χ1) is 21.2. The fourth-order valence-corrected chi connectivity index (χ4v) is 5.63. The second-order valence-electron chi connectivity index (χ2n) is 10.9. The molecule has 12 nitrogen and oxygen atoms in total. The van der Waals surface area contributed by atoms with E-state index >= 15 is 0 Å². The number of aromatic amines is 2. The summed E-state index contributed by atoms with van der Waals surface area (Å²) in [5.74, 6) is 0.0169. The number of hydrogen-bond donors (Lipinski definition) is 4. The Morgan fingerprint density at radius 2 is 1.84 bits per heavy atom. The molecule has 14 heteroatoms. The van der Waals surface area contributed by atoms with E-state index in [4.69, 9.17) is 4.98 Å². The van der Waals surface area contributed by atoms with Gasteiger partial charge in [0.15, 0.2) is 5.82 Å². The molecule has 0 atom stereocenters. The molecular weight excluding hydrogens is 585 g/mol. The molecule has 4 N–H and O–H groups in total. The van der Waals surface area contributed by atoms with Crippen molar-refractivity contribution >= 4 is 43.6 Å². The van der Waals surface area contributed by atoms with E-state index in [-0.39, 0.29) is 18.4 Å². The summed E-state index contributed by atoms with van der Waals surface area (Å²) in [6.07, 6.45) is 12.1. The number of aromatic nitrogens is 7. The normalized spacial score (nSPS) is 13.8. The van der Waals surface area contributed by atoms with Crippen molar-refractivity contribution < 1.29 is 17.6 Å². The summed E-state index contributed by atoms with van der Waals surface area (Å²) >= 11 is 0. The number of imidazole rings is 1. The van der Waals surface area contributed by atoms with Crippen LogP contribution in [0.1, 0.15) is 24.8 Å². The van der Waals surface area contributed by atoms with Gasteiger partial charge in [-0.15, -0.1) is 0 Å². The van der Waals surface area contributed by atoms with Gasteiger partial charge in [0.05, 0.1) is 52.8 Å². The molecule has 222 valence electrons. The smallest absolute Gasteiger partial charge is 0.227 e. The third kappa shape index (κ3) is 5.52. The molecule has 0 saturated heterocycles. The maximum atomic E-state index is 14.6. The van der Waals surface area contributed by atoms with E-state index < -0.39 is 15.8 Å². The quantitative estimate of drug-likeness (QED) is 0.194. The summed E-state index contributed by atoms with van der Waals surface area (Å²) in [6, 6.07) is 8.05. The van der Waals surface area contributed by atoms with Crippen molar-refractivity contribution in [3.8, 4) is 33.9 Å². The zero-order valence-electron chi connectivity index (χ0n) is 23.4. The van der Waals surface area contributed by atoms with Crippen LogP contribution in [0.5, 0.6) is 0 Å². The lowest BCUT2D eigenvalue weighted by Gasteiger charge is -2.24. The van der Waals surface area contributed by atoms with E-state index in [0.717, 1.165) is 36.5 Å². The zero-order chi connectivity index (χ0) is 30.4. The number of pyridine rings is 3. The molecule has 1 fully saturated rings. The van der Waals surface area contributed by atoms with Crippen molar-refractivity contribution in [2.75, 3.05) is 11.6 Å². The van der Waals surface area contributed by atoms with Crippen LogP contribution in [0.15, 0.2) is 61.3 Å². The third-order valence-electron chi connectivity index (χ3n) is 7.65. The Morgan fingerprint density at radius 1 is 1.00 bits per heavy atom. The molecule has 0 aliphatic heterocycles. The van der Waals surface area contributed by atoms with Crippen molar-refractivity contribution in [1.82, 2.24) is 39.8 Å². The number of H-pyrrole nitrogens is 2. The Labute approximate surface area is 250 Å². The topological polar surface area (TPSA) is 171 Å². The van der Waals surface area contributed by atoms with E-state index in [9.17, 15) is 17.6 Å². The van der Waals surface area contributed by atoms with Gasteiger partial charge < -0.3 is 10.3 Å². The van der Waals surface area contributed by atoms with Gasteiger partial charge in [0.2, 0.25) is 15.9 Å². The van der Waals surface area contributed by atoms with E-state index in [2.05, 4.69) is 40.2 Å². The van der Waals surface area contributed by atoms with Gasteiger partial charge in [0.1, 0.15) is 11.5 Å². The van der Waals surface area contributed by atoms with Gasteiger partial charge in [-0.3, -0.25) is 24.8 Å². The second kappa shape index (κ2) is 10.9. The first kappa shape index (κ1) is 27.7. The molecule has 44 heavy (non-hydrogen) atoms. The molecular formula is C30H26FN9O3S. The molecule has 5 heterocycles. The summed E-state index contributed by atoms with van der Waals surface area (Å²) in [7, 11) is -3.45. The molecule has 0 spiro atoms. The highest BCUT2D eigenvalue weighted by Crippen LogP contribution is 2.33. The Hall–Kier alpha value is -5.08. The first-order valence-corrected chi connectivity index (χ1v) is 15.8. The van der Waals surface area contributed by atoms with Crippen LogP contribution in [0.2, 0.25) is 0 Å². The number of carbonyl (C=O) groups excluding carboxylic acids is 1. The monoisotopic (exact) mass is 611 g/mol. The lowest BCUT2D eigenvalue weighted by Crippen LogP contribution is -2.28. The molecule has 1 aromatic carbocycles. The van der Waals surface area contributed by atoms with E-state index in [1.165, 1.54) is 12.1 Å². The molecule has 1 amide bonds. The third-order valence-corrected chi connectivity index (χ3v) is 8.32. The Kier molecular flexibility index (Phi) is 6.86. The highest BCUT2D eigenvalue weighted by molar-refractivity contribution is 7.88. The number of benzene rings is 1. The summed E-state index contributed by atoms with van der Waals surface area (Å²) in [6.45, 7) is -0.0558. The minimum atomic E-state index is -3.45. The van der Waals surface area contributed by atoms with Gasteiger partial charge in [-0.2, -0.15) is 5.10 Å². The van der Waals surface area contributed by atoms with Crippen LogP contribution in [-0.4, -0.2) is 55.7 Å². The molecule has 0 unspecified atom stereocenters. The number of hydrogen-bond acceptors (Lipinski definition) is 8. The van der Waals surface area contributed by atoms with Crippen LogP contribution < -0.4 is 10.0 Å². The Morgan fingerprint density at radius 3 is 2.64 bits per heavy atom. The molecule has 6 aromatic rings. The van der Waals surface area contributed by atoms with Crippen molar-refractivity contribution in [3.63, 3.8) is 0 Å². The highest BCUT2D eigenvalue weighted by Gasteiger charge is 2.25. The Balaban J connectivity index is 1.23. The van der Waals surface area contributed by atoms with Crippen LogP contribution >= 0.6 is 0 Å². The number of nitrogens with one attached hydrogen (secondary N) is 4. The molecule has 1 aliphatic carbocycles. The lowest BCUT2D eigenvalue weighted by atomic mass is 9.85. The molecule has 5 aromatic heterocycles. The van der Waals surface area contributed by atoms with Crippen LogP contribution in [-0.2, 0) is 21.4 Å². The number of amides is 1. The van der Waals surface area contributed by atoms with E-state index in [1.54, 1.807) is 37.1 Å². The van der Waals surface area contributed by atoms with Gasteiger partial charge in [-0.25, -0.2) is 22.5 Å². The number of anilines is 1. The van der Waals surface area contributed by atoms with Crippen molar-refractivity contribution in [2.45, 2.75) is 25.8 Å². The molecule has 1 saturated carbocycles. The van der Waals surface area contributed by atoms with Gasteiger partial charge in [0, 0.05) is 41.4 Å². The minimum Gasteiger partial charge on any atom is -0.335 e. The fraction of sp³-hybridized carbons (Fsp3) is 0.200. The summed E-state index contributed by atoms with van der Waals surface area (Å²) in [5.41, 5.74) is 5.91. The first-order valence-electron chi connectivity index (χ1n) is 13.9. The van der Waals surface area contributed by atoms with Crippen molar-refractivity contribution in [2.24, 2.45) is 5.92 Å². The van der Waals surface area contributed by atoms with Crippen LogP contribution in [0.4, 0.5) is 10.1 Å². The molecule has 0 radical (unpaired) electrons. The van der Waals surface area contributed by atoms with Crippen LogP contribution in [0.3, 0.4) is 0 Å². The maximum absolute atomic E-state index is 14.6. The average molecular weight is 612 g/mol. The number of nitrogens with zero attached hydrogens (tertiary/aromatic N) is 5. The van der Waals surface area contributed by atoms with Gasteiger partial charge in [-0.1, -0.05) is 6.42 Å². The van der Waals surface area contributed by atoms with Crippen LogP contribution in [0, 0.1) is 11.7 Å². The Bertz CT molecular complexity index is 2170. The van der Waals surface area contributed by atoms with Gasteiger partial charge in [0.25, 0.3) is 0 Å². The highest BCUT2D eigenvalue weighted by atomic mass is 32.2. The number of fused-ring (bicyclic) bond motifs is 2. The largest absolute Gasteiger partial charge is 0.335 e. The summed E-state index contributed by atoms with van der Waals surface area (Å²) < 4.78 is 40.1.